The molecule has 2 aromatic carbocycles. The molecule has 1 aliphatic heterocycles. The SMILES string of the molecule is CC1(C)CC(=O)C(C(=S)Nc2ccc(F)cc2)=C(NCc2ccc3c(c2)OCO3)C1. The Bertz CT molecular complexity index is 1030. The van der Waals surface area contributed by atoms with Gasteiger partial charge in [0.1, 0.15) is 10.8 Å². The Labute approximate surface area is 180 Å². The molecule has 7 heteroatoms. The number of ether oxygens (including phenoxy) is 2. The number of fused-ring (bicyclic) bond motifs is 1. The molecule has 5 nitrogen and oxygen atoms in total. The number of hydrogen-bond acceptors (Lipinski definition) is 5. The second kappa shape index (κ2) is 8.07. The molecule has 0 fully saturated rings. The Kier molecular flexibility index (Phi) is 5.47. The van der Waals surface area contributed by atoms with Crippen molar-refractivity contribution in [1.82, 2.24) is 5.32 Å². The maximum Gasteiger partial charge on any atom is 0.231 e. The van der Waals surface area contributed by atoms with Gasteiger partial charge in [-0.1, -0.05) is 32.1 Å². The lowest BCUT2D eigenvalue weighted by molar-refractivity contribution is -0.117. The van der Waals surface area contributed by atoms with Gasteiger partial charge in [-0.15, -0.1) is 0 Å². The highest BCUT2D eigenvalue weighted by Crippen LogP contribution is 2.37. The van der Waals surface area contributed by atoms with Crippen molar-refractivity contribution in [1.29, 1.82) is 0 Å². The Balaban J connectivity index is 1.56. The van der Waals surface area contributed by atoms with Gasteiger partial charge in [0.05, 0.1) is 5.57 Å². The molecule has 156 valence electrons. The van der Waals surface area contributed by atoms with Crippen molar-refractivity contribution < 1.29 is 18.7 Å². The van der Waals surface area contributed by atoms with E-state index in [2.05, 4.69) is 24.5 Å². The molecule has 30 heavy (non-hydrogen) atoms. The van der Waals surface area contributed by atoms with E-state index >= 15 is 0 Å². The van der Waals surface area contributed by atoms with Gasteiger partial charge in [0.2, 0.25) is 6.79 Å². The van der Waals surface area contributed by atoms with E-state index in [1.54, 1.807) is 12.1 Å². The number of rotatable bonds is 5. The highest BCUT2D eigenvalue weighted by molar-refractivity contribution is 7.81. The van der Waals surface area contributed by atoms with Gasteiger partial charge in [-0.25, -0.2) is 4.39 Å². The molecule has 4 rings (SSSR count). The molecule has 1 aliphatic carbocycles. The van der Waals surface area contributed by atoms with Crippen molar-refractivity contribution in [2.75, 3.05) is 12.1 Å². The van der Waals surface area contributed by atoms with Gasteiger partial charge >= 0.3 is 0 Å². The minimum Gasteiger partial charge on any atom is -0.454 e. The Morgan fingerprint density at radius 2 is 1.83 bits per heavy atom. The quantitative estimate of drug-likeness (QED) is 0.675. The highest BCUT2D eigenvalue weighted by atomic mass is 32.1. The first-order valence-corrected chi connectivity index (χ1v) is 10.2. The number of carbonyl (C=O) groups excluding carboxylic acids is 1. The zero-order valence-electron chi connectivity index (χ0n) is 16.9. The van der Waals surface area contributed by atoms with Crippen molar-refractivity contribution in [2.45, 2.75) is 33.2 Å². The molecular formula is C23H23FN2O3S. The number of hydrogen-bond donors (Lipinski definition) is 2. The molecule has 0 saturated heterocycles. The van der Waals surface area contributed by atoms with Crippen LogP contribution in [0.3, 0.4) is 0 Å². The third-order valence-electron chi connectivity index (χ3n) is 5.15. The Hall–Kier alpha value is -2.93. The Morgan fingerprint density at radius 1 is 1.10 bits per heavy atom. The number of nitrogens with one attached hydrogen (secondary N) is 2. The number of anilines is 1. The molecule has 0 aromatic heterocycles. The number of ketones is 1. The predicted molar refractivity (Wildman–Crippen MR) is 117 cm³/mol. The van der Waals surface area contributed by atoms with Gasteiger partial charge in [0.25, 0.3) is 0 Å². The lowest BCUT2D eigenvalue weighted by Gasteiger charge is -2.33. The summed E-state index contributed by atoms with van der Waals surface area (Å²) in [5, 5.41) is 6.48. The second-order valence-electron chi connectivity index (χ2n) is 8.30. The van der Waals surface area contributed by atoms with Crippen LogP contribution in [-0.4, -0.2) is 17.6 Å². The minimum absolute atomic E-state index is 0.000881. The van der Waals surface area contributed by atoms with Gasteiger partial charge in [-0.05, 0) is 53.8 Å². The summed E-state index contributed by atoms with van der Waals surface area (Å²) in [5.41, 5.74) is 2.80. The van der Waals surface area contributed by atoms with Crippen LogP contribution in [0.1, 0.15) is 32.3 Å². The van der Waals surface area contributed by atoms with E-state index in [4.69, 9.17) is 21.7 Å². The van der Waals surface area contributed by atoms with Crippen molar-refractivity contribution in [2.24, 2.45) is 5.41 Å². The van der Waals surface area contributed by atoms with Crippen molar-refractivity contribution in [3.05, 3.63) is 65.1 Å². The van der Waals surface area contributed by atoms with Crippen LogP contribution in [-0.2, 0) is 11.3 Å². The van der Waals surface area contributed by atoms with Crippen LogP contribution in [0.4, 0.5) is 10.1 Å². The molecule has 0 bridgehead atoms. The van der Waals surface area contributed by atoms with E-state index in [-0.39, 0.29) is 23.8 Å². The van der Waals surface area contributed by atoms with Crippen LogP contribution in [0.5, 0.6) is 11.5 Å². The van der Waals surface area contributed by atoms with Crippen LogP contribution in [0.25, 0.3) is 0 Å². The molecule has 2 aromatic rings. The summed E-state index contributed by atoms with van der Waals surface area (Å²) in [6.07, 6.45) is 1.12. The first-order valence-electron chi connectivity index (χ1n) is 9.76. The van der Waals surface area contributed by atoms with Crippen molar-refractivity contribution >= 4 is 28.7 Å². The lowest BCUT2D eigenvalue weighted by atomic mass is 9.75. The molecule has 0 unspecified atom stereocenters. The fourth-order valence-corrected chi connectivity index (χ4v) is 4.08. The largest absolute Gasteiger partial charge is 0.454 e. The zero-order valence-corrected chi connectivity index (χ0v) is 17.7. The summed E-state index contributed by atoms with van der Waals surface area (Å²) in [5.74, 6) is 1.13. The number of Topliss-reactive ketones (excluding diaryl/α,β-unsaturated/α-hetero) is 1. The van der Waals surface area contributed by atoms with Crippen molar-refractivity contribution in [3.8, 4) is 11.5 Å². The zero-order chi connectivity index (χ0) is 21.3. The molecule has 0 spiro atoms. The summed E-state index contributed by atoms with van der Waals surface area (Å²) in [4.78, 5) is 13.3. The molecule has 0 amide bonds. The number of thiocarbonyl (C=S) groups is 1. The van der Waals surface area contributed by atoms with E-state index in [1.165, 1.54) is 12.1 Å². The van der Waals surface area contributed by atoms with Gasteiger partial charge in [0, 0.05) is 24.4 Å². The van der Waals surface area contributed by atoms with E-state index in [9.17, 15) is 9.18 Å². The van der Waals surface area contributed by atoms with Crippen molar-refractivity contribution in [3.63, 3.8) is 0 Å². The third kappa shape index (κ3) is 4.46. The summed E-state index contributed by atoms with van der Waals surface area (Å²) < 4.78 is 24.0. The maximum absolute atomic E-state index is 13.2. The van der Waals surface area contributed by atoms with Crippen LogP contribution in [0, 0.1) is 11.2 Å². The molecule has 1 heterocycles. The van der Waals surface area contributed by atoms with Gasteiger partial charge in [-0.2, -0.15) is 0 Å². The Morgan fingerprint density at radius 3 is 2.60 bits per heavy atom. The molecule has 0 saturated carbocycles. The van der Waals surface area contributed by atoms with Gasteiger partial charge < -0.3 is 20.1 Å². The number of allylic oxidation sites excluding steroid dienone is 1. The number of halogens is 1. The average molecular weight is 427 g/mol. The minimum atomic E-state index is -0.327. The summed E-state index contributed by atoms with van der Waals surface area (Å²) in [7, 11) is 0. The molecule has 2 aliphatic rings. The monoisotopic (exact) mass is 426 g/mol. The maximum atomic E-state index is 13.2. The normalized spacial score (nSPS) is 17.1. The van der Waals surface area contributed by atoms with Crippen LogP contribution >= 0.6 is 12.2 Å². The molecule has 0 radical (unpaired) electrons. The average Bonchev–Trinajstić information content (AvgIpc) is 3.14. The number of benzene rings is 2. The first-order chi connectivity index (χ1) is 14.3. The van der Waals surface area contributed by atoms with E-state index in [0.29, 0.717) is 35.6 Å². The van der Waals surface area contributed by atoms with Crippen LogP contribution in [0.2, 0.25) is 0 Å². The van der Waals surface area contributed by atoms with Gasteiger partial charge in [0.15, 0.2) is 17.3 Å². The van der Waals surface area contributed by atoms with E-state index in [1.807, 2.05) is 18.2 Å². The van der Waals surface area contributed by atoms with E-state index < -0.39 is 0 Å². The third-order valence-corrected chi connectivity index (χ3v) is 5.45. The topological polar surface area (TPSA) is 59.6 Å². The summed E-state index contributed by atoms with van der Waals surface area (Å²) in [6.45, 7) is 4.90. The standard InChI is InChI=1S/C23H23FN2O3S/c1-23(2)10-17(25-12-14-3-8-19-20(9-14)29-13-28-19)21(18(27)11-23)22(30)26-16-6-4-15(24)5-7-16/h3-9,25H,10-13H2,1-2H3,(H,26,30). The number of carbonyl (C=O) groups is 1. The summed E-state index contributed by atoms with van der Waals surface area (Å²) in [6, 6.07) is 11.7. The molecule has 0 atom stereocenters. The second-order valence-corrected chi connectivity index (χ2v) is 8.70. The van der Waals surface area contributed by atoms with Crippen LogP contribution in [0.15, 0.2) is 53.7 Å². The fourth-order valence-electron chi connectivity index (χ4n) is 3.72. The molecule has 2 N–H and O–H groups in total. The van der Waals surface area contributed by atoms with E-state index in [0.717, 1.165) is 22.8 Å². The molecular weight excluding hydrogens is 403 g/mol. The van der Waals surface area contributed by atoms with Crippen LogP contribution < -0.4 is 20.1 Å². The first kappa shape index (κ1) is 20.3. The lowest BCUT2D eigenvalue weighted by Crippen LogP contribution is -2.35. The summed E-state index contributed by atoms with van der Waals surface area (Å²) >= 11 is 5.55. The van der Waals surface area contributed by atoms with Gasteiger partial charge in [-0.3, -0.25) is 4.79 Å². The fraction of sp³-hybridized carbons (Fsp3) is 0.304. The smallest absolute Gasteiger partial charge is 0.231 e. The highest BCUT2D eigenvalue weighted by Gasteiger charge is 2.34. The predicted octanol–water partition coefficient (Wildman–Crippen LogP) is 4.73.